The van der Waals surface area contributed by atoms with Gasteiger partial charge in [0.2, 0.25) is 5.43 Å². The normalized spacial score (nSPS) is 19.7. The molecule has 3 aromatic rings. The van der Waals surface area contributed by atoms with Crippen LogP contribution in [0.1, 0.15) is 44.9 Å². The smallest absolute Gasteiger partial charge is 0.275 e. The van der Waals surface area contributed by atoms with E-state index in [9.17, 15) is 27.6 Å². The Morgan fingerprint density at radius 2 is 1.77 bits per heavy atom. The molecule has 208 valence electrons. The number of carbonyl (C=O) groups excluding carboxylic acids is 2. The van der Waals surface area contributed by atoms with Crippen LogP contribution in [0.15, 0.2) is 65.6 Å². The van der Waals surface area contributed by atoms with Crippen molar-refractivity contribution in [1.82, 2.24) is 14.8 Å². The van der Waals surface area contributed by atoms with Crippen LogP contribution in [0.2, 0.25) is 0 Å². The number of pyridine rings is 1. The van der Waals surface area contributed by atoms with E-state index in [1.807, 2.05) is 25.1 Å². The molecule has 2 aliphatic rings. The number of hydrogen-bond donors (Lipinski definition) is 1. The molecule has 0 aliphatic carbocycles. The SMILES string of the molecule is CO[C@H]1C=C[C@H](C)N2C[C@H]1n1cc(C(=O)NCc3c(F)cc(F)cc3F)c(=O)c(OCc3ccccc3)c1C2=O. The number of rotatable bonds is 7. The number of ether oxygens (including phenoxy) is 2. The van der Waals surface area contributed by atoms with E-state index in [4.69, 9.17) is 9.47 Å². The fraction of sp³-hybridized carbons (Fsp3) is 0.276. The number of fused-ring (bicyclic) bond motifs is 4. The number of halogens is 3. The van der Waals surface area contributed by atoms with Gasteiger partial charge in [-0.25, -0.2) is 13.2 Å². The Balaban J connectivity index is 1.58. The summed E-state index contributed by atoms with van der Waals surface area (Å²) < 4.78 is 54.7. The maximum Gasteiger partial charge on any atom is 0.275 e. The Hall–Kier alpha value is -4.38. The number of nitrogens with one attached hydrogen (secondary N) is 1. The summed E-state index contributed by atoms with van der Waals surface area (Å²) in [7, 11) is 1.51. The van der Waals surface area contributed by atoms with Gasteiger partial charge in [0.1, 0.15) is 29.6 Å². The fourth-order valence-corrected chi connectivity index (χ4v) is 4.97. The molecule has 0 radical (unpaired) electrons. The third kappa shape index (κ3) is 5.00. The van der Waals surface area contributed by atoms with Crippen LogP contribution in [-0.2, 0) is 17.9 Å². The van der Waals surface area contributed by atoms with Gasteiger partial charge in [0, 0.05) is 50.1 Å². The molecular formula is C29H26F3N3O5. The van der Waals surface area contributed by atoms with Gasteiger partial charge in [-0.05, 0) is 12.5 Å². The van der Waals surface area contributed by atoms with Crippen molar-refractivity contribution in [2.75, 3.05) is 13.7 Å². The first-order valence-electron chi connectivity index (χ1n) is 12.6. The van der Waals surface area contributed by atoms with E-state index in [1.165, 1.54) is 17.9 Å². The summed E-state index contributed by atoms with van der Waals surface area (Å²) >= 11 is 0. The number of hydrogen-bond acceptors (Lipinski definition) is 5. The van der Waals surface area contributed by atoms with E-state index < -0.39 is 64.5 Å². The highest BCUT2D eigenvalue weighted by atomic mass is 19.1. The molecule has 1 N–H and O–H groups in total. The molecule has 2 amide bonds. The van der Waals surface area contributed by atoms with Gasteiger partial charge in [-0.3, -0.25) is 14.4 Å². The molecule has 8 nitrogen and oxygen atoms in total. The molecule has 1 aromatic heterocycles. The molecule has 0 spiro atoms. The van der Waals surface area contributed by atoms with Gasteiger partial charge in [-0.1, -0.05) is 42.5 Å². The topological polar surface area (TPSA) is 89.9 Å². The van der Waals surface area contributed by atoms with E-state index >= 15 is 0 Å². The van der Waals surface area contributed by atoms with Crippen molar-refractivity contribution in [3.05, 3.63) is 111 Å². The van der Waals surface area contributed by atoms with E-state index in [2.05, 4.69) is 5.32 Å². The molecule has 0 saturated carbocycles. The lowest BCUT2D eigenvalue weighted by Gasteiger charge is -2.39. The van der Waals surface area contributed by atoms with Crippen LogP contribution in [0.25, 0.3) is 0 Å². The Kier molecular flexibility index (Phi) is 7.49. The summed E-state index contributed by atoms with van der Waals surface area (Å²) in [6.07, 6.45) is 4.40. The summed E-state index contributed by atoms with van der Waals surface area (Å²) in [6, 6.07) is 9.17. The van der Waals surface area contributed by atoms with Gasteiger partial charge < -0.3 is 24.3 Å². The van der Waals surface area contributed by atoms with Crippen molar-refractivity contribution in [2.45, 2.75) is 38.3 Å². The largest absolute Gasteiger partial charge is 0.483 e. The zero-order chi connectivity index (χ0) is 28.6. The lowest BCUT2D eigenvalue weighted by molar-refractivity contribution is 0.0431. The third-order valence-corrected chi connectivity index (χ3v) is 7.12. The molecule has 0 unspecified atom stereocenters. The van der Waals surface area contributed by atoms with Crippen LogP contribution in [0, 0.1) is 17.5 Å². The van der Waals surface area contributed by atoms with E-state index in [0.29, 0.717) is 12.1 Å². The average molecular weight is 554 g/mol. The van der Waals surface area contributed by atoms with Crippen LogP contribution in [-0.4, -0.2) is 47.1 Å². The summed E-state index contributed by atoms with van der Waals surface area (Å²) in [5.74, 6) is -5.18. The first-order valence-corrected chi connectivity index (χ1v) is 12.6. The van der Waals surface area contributed by atoms with Gasteiger partial charge in [0.25, 0.3) is 11.8 Å². The number of carbonyl (C=O) groups is 2. The van der Waals surface area contributed by atoms with Crippen LogP contribution in [0.3, 0.4) is 0 Å². The molecule has 3 heterocycles. The van der Waals surface area contributed by atoms with Crippen LogP contribution in [0.4, 0.5) is 13.2 Å². The van der Waals surface area contributed by atoms with Crippen molar-refractivity contribution < 1.29 is 32.2 Å². The molecule has 3 atom stereocenters. The maximum absolute atomic E-state index is 14.1. The zero-order valence-corrected chi connectivity index (χ0v) is 21.7. The van der Waals surface area contributed by atoms with Crippen LogP contribution in [0.5, 0.6) is 5.75 Å². The highest BCUT2D eigenvalue weighted by molar-refractivity contribution is 5.99. The average Bonchev–Trinajstić information content (AvgIpc) is 3.07. The molecule has 0 fully saturated rings. The summed E-state index contributed by atoms with van der Waals surface area (Å²) in [6.45, 7) is 1.39. The number of methoxy groups -OCH3 is 1. The van der Waals surface area contributed by atoms with Gasteiger partial charge in [-0.15, -0.1) is 0 Å². The fourth-order valence-electron chi connectivity index (χ4n) is 4.97. The Bertz CT molecular complexity index is 1530. The molecule has 2 aromatic carbocycles. The molecular weight excluding hydrogens is 527 g/mol. The van der Waals surface area contributed by atoms with Crippen molar-refractivity contribution in [3.8, 4) is 5.75 Å². The highest BCUT2D eigenvalue weighted by Gasteiger charge is 2.41. The van der Waals surface area contributed by atoms with Crippen molar-refractivity contribution in [3.63, 3.8) is 0 Å². The van der Waals surface area contributed by atoms with E-state index in [0.717, 1.165) is 5.56 Å². The number of aromatic nitrogens is 1. The minimum absolute atomic E-state index is 0.0260. The summed E-state index contributed by atoms with van der Waals surface area (Å²) in [4.78, 5) is 42.2. The second-order valence-corrected chi connectivity index (χ2v) is 9.61. The summed E-state index contributed by atoms with van der Waals surface area (Å²) in [5.41, 5.74) is -1.12. The summed E-state index contributed by atoms with van der Waals surface area (Å²) in [5, 5.41) is 2.33. The minimum atomic E-state index is -1.18. The van der Waals surface area contributed by atoms with Crippen LogP contribution < -0.4 is 15.5 Å². The van der Waals surface area contributed by atoms with Crippen molar-refractivity contribution in [1.29, 1.82) is 0 Å². The first kappa shape index (κ1) is 27.2. The Morgan fingerprint density at radius 1 is 1.07 bits per heavy atom. The molecule has 40 heavy (non-hydrogen) atoms. The lowest BCUT2D eigenvalue weighted by Crippen LogP contribution is -2.49. The lowest BCUT2D eigenvalue weighted by atomic mass is 10.0. The predicted molar refractivity (Wildman–Crippen MR) is 138 cm³/mol. The van der Waals surface area contributed by atoms with Gasteiger partial charge in [0.05, 0.1) is 12.1 Å². The van der Waals surface area contributed by atoms with Crippen molar-refractivity contribution in [2.24, 2.45) is 0 Å². The van der Waals surface area contributed by atoms with E-state index in [-0.39, 0.29) is 30.6 Å². The standard InChI is InChI=1S/C29H26F3N3O5/c1-16-8-9-24(39-2)23-14-34(16)29(38)25-27(40-15-17-6-4-3-5-7-17)26(36)20(13-35(23)25)28(37)33-12-19-21(31)10-18(30)11-22(19)32/h3-11,13,16,23-24H,12,14-15H2,1-2H3,(H,33,37)/t16-,23+,24-/m0/s1. The highest BCUT2D eigenvalue weighted by Crippen LogP contribution is 2.34. The molecule has 0 saturated heterocycles. The van der Waals surface area contributed by atoms with Gasteiger partial charge in [0.15, 0.2) is 11.4 Å². The zero-order valence-electron chi connectivity index (χ0n) is 21.7. The first-order chi connectivity index (χ1) is 19.2. The number of benzene rings is 2. The second kappa shape index (κ2) is 11.0. The molecule has 2 bridgehead atoms. The maximum atomic E-state index is 14.1. The van der Waals surface area contributed by atoms with Crippen LogP contribution >= 0.6 is 0 Å². The minimum Gasteiger partial charge on any atom is -0.483 e. The number of nitrogens with zero attached hydrogens (tertiary/aromatic N) is 2. The third-order valence-electron chi connectivity index (χ3n) is 7.12. The van der Waals surface area contributed by atoms with Crippen molar-refractivity contribution >= 4 is 11.8 Å². The quantitative estimate of drug-likeness (QED) is 0.451. The number of amides is 2. The van der Waals surface area contributed by atoms with Gasteiger partial charge >= 0.3 is 0 Å². The molecule has 5 rings (SSSR count). The molecule has 2 aliphatic heterocycles. The Labute approximate surface area is 227 Å². The second-order valence-electron chi connectivity index (χ2n) is 9.61. The van der Waals surface area contributed by atoms with E-state index in [1.54, 1.807) is 29.2 Å². The van der Waals surface area contributed by atoms with Gasteiger partial charge in [-0.2, -0.15) is 0 Å². The monoisotopic (exact) mass is 553 g/mol. The predicted octanol–water partition coefficient (Wildman–Crippen LogP) is 3.74. The Morgan fingerprint density at radius 3 is 2.45 bits per heavy atom. The molecule has 11 heteroatoms.